The summed E-state index contributed by atoms with van der Waals surface area (Å²) in [5.41, 5.74) is -4.02. The molecule has 3 fully saturated rings. The van der Waals surface area contributed by atoms with Crippen molar-refractivity contribution in [3.8, 4) is 11.5 Å². The smallest absolute Gasteiger partial charge is 0.420 e. The number of esters is 1. The quantitative estimate of drug-likeness (QED) is 0.184. The van der Waals surface area contributed by atoms with Crippen molar-refractivity contribution in [3.05, 3.63) is 23.3 Å². The Hall–Kier alpha value is -1.93. The van der Waals surface area contributed by atoms with Gasteiger partial charge >= 0.3 is 18.3 Å². The Morgan fingerprint density at radius 1 is 0.700 bits per heavy atom. The number of carbonyl (C=O) groups excluding carboxylic acids is 1. The molecule has 0 radical (unpaired) electrons. The molecule has 3 aliphatic carbocycles. The fourth-order valence-electron chi connectivity index (χ4n) is 7.84. The van der Waals surface area contributed by atoms with Crippen LogP contribution in [0.4, 0.5) is 26.3 Å². The van der Waals surface area contributed by atoms with Crippen LogP contribution in [0, 0.1) is 35.5 Å². The third-order valence-electron chi connectivity index (χ3n) is 9.97. The predicted octanol–water partition coefficient (Wildman–Crippen LogP) is 9.86. The number of halogens is 6. The molecule has 1 aromatic carbocycles. The zero-order valence-electron chi connectivity index (χ0n) is 23.5. The van der Waals surface area contributed by atoms with E-state index in [9.17, 15) is 31.1 Å². The zero-order valence-corrected chi connectivity index (χ0v) is 23.5. The molecule has 0 atom stereocenters. The van der Waals surface area contributed by atoms with Crippen molar-refractivity contribution < 1.29 is 40.6 Å². The lowest BCUT2D eigenvalue weighted by molar-refractivity contribution is -0.164. The number of methoxy groups -OCH3 is 1. The Bertz CT molecular complexity index is 980. The summed E-state index contributed by atoms with van der Waals surface area (Å²) in [6.07, 6.45) is 4.82. The third kappa shape index (κ3) is 7.28. The van der Waals surface area contributed by atoms with Gasteiger partial charge in [-0.2, -0.15) is 26.3 Å². The Kier molecular flexibility index (Phi) is 10.0. The average Bonchev–Trinajstić information content (AvgIpc) is 2.92. The van der Waals surface area contributed by atoms with Crippen LogP contribution in [-0.4, -0.2) is 13.1 Å². The minimum absolute atomic E-state index is 0.480. The van der Waals surface area contributed by atoms with Crippen molar-refractivity contribution in [1.82, 2.24) is 0 Å². The fraction of sp³-hybridized carbons (Fsp3) is 0.774. The lowest BCUT2D eigenvalue weighted by Gasteiger charge is -2.41. The summed E-state index contributed by atoms with van der Waals surface area (Å²) in [4.78, 5) is 12.8. The second kappa shape index (κ2) is 12.9. The van der Waals surface area contributed by atoms with Crippen LogP contribution in [0.25, 0.3) is 0 Å². The molecule has 3 nitrogen and oxygen atoms in total. The van der Waals surface area contributed by atoms with E-state index in [4.69, 9.17) is 4.74 Å². The Morgan fingerprint density at radius 2 is 1.10 bits per heavy atom. The van der Waals surface area contributed by atoms with E-state index < -0.39 is 46.9 Å². The second-order valence-electron chi connectivity index (χ2n) is 12.3. The molecule has 0 aliphatic heterocycles. The van der Waals surface area contributed by atoms with Crippen LogP contribution in [0.5, 0.6) is 11.5 Å². The monoisotopic (exact) mass is 576 g/mol. The van der Waals surface area contributed by atoms with Crippen molar-refractivity contribution >= 4 is 5.97 Å². The van der Waals surface area contributed by atoms with Crippen molar-refractivity contribution in [2.24, 2.45) is 35.5 Å². The highest BCUT2D eigenvalue weighted by atomic mass is 19.4. The predicted molar refractivity (Wildman–Crippen MR) is 140 cm³/mol. The maximum atomic E-state index is 13.8. The van der Waals surface area contributed by atoms with Crippen LogP contribution >= 0.6 is 0 Å². The minimum Gasteiger partial charge on any atom is -0.496 e. The summed E-state index contributed by atoms with van der Waals surface area (Å²) >= 11 is 0. The van der Waals surface area contributed by atoms with Gasteiger partial charge < -0.3 is 9.47 Å². The van der Waals surface area contributed by atoms with Crippen LogP contribution in [0.15, 0.2) is 12.1 Å². The maximum Gasteiger partial charge on any atom is 0.420 e. The van der Waals surface area contributed by atoms with Crippen LogP contribution in [0.1, 0.15) is 108 Å². The normalized spacial score (nSPS) is 30.1. The van der Waals surface area contributed by atoms with Gasteiger partial charge in [0.05, 0.1) is 13.0 Å². The summed E-state index contributed by atoms with van der Waals surface area (Å²) < 4.78 is 91.5. The molecule has 3 saturated carbocycles. The highest BCUT2D eigenvalue weighted by Crippen LogP contribution is 2.50. The first-order valence-corrected chi connectivity index (χ1v) is 15.0. The van der Waals surface area contributed by atoms with Crippen molar-refractivity contribution in [1.29, 1.82) is 0 Å². The van der Waals surface area contributed by atoms with Crippen molar-refractivity contribution in [2.75, 3.05) is 7.11 Å². The van der Waals surface area contributed by atoms with Crippen LogP contribution in [-0.2, 0) is 17.1 Å². The van der Waals surface area contributed by atoms with E-state index in [1.54, 1.807) is 0 Å². The molecular weight excluding hydrogens is 534 g/mol. The number of rotatable bonds is 7. The SMILES string of the molecule is CCCC1CCC(C2CCC(C3CCC(C(=O)Oc4ccc(OC)c(C(F)(F)F)c4C(F)(F)F)CC3)CC2)CC1. The molecule has 0 N–H and O–H groups in total. The average molecular weight is 577 g/mol. The van der Waals surface area contributed by atoms with Crippen LogP contribution < -0.4 is 9.47 Å². The number of benzene rings is 1. The molecule has 0 spiro atoms. The molecule has 226 valence electrons. The van der Waals surface area contributed by atoms with Gasteiger partial charge in [0, 0.05) is 0 Å². The molecule has 0 saturated heterocycles. The lowest BCUT2D eigenvalue weighted by Crippen LogP contribution is -2.32. The molecule has 0 bridgehead atoms. The van der Waals surface area contributed by atoms with E-state index >= 15 is 0 Å². The molecule has 3 aliphatic rings. The van der Waals surface area contributed by atoms with E-state index in [1.807, 2.05) is 0 Å². The first-order chi connectivity index (χ1) is 18.9. The van der Waals surface area contributed by atoms with Gasteiger partial charge in [-0.25, -0.2) is 0 Å². The molecule has 40 heavy (non-hydrogen) atoms. The topological polar surface area (TPSA) is 35.5 Å². The van der Waals surface area contributed by atoms with Gasteiger partial charge in [0.15, 0.2) is 0 Å². The summed E-state index contributed by atoms with van der Waals surface area (Å²) in [5, 5.41) is 0. The van der Waals surface area contributed by atoms with Gasteiger partial charge in [0.2, 0.25) is 0 Å². The molecule has 0 unspecified atom stereocenters. The number of carbonyl (C=O) groups is 1. The largest absolute Gasteiger partial charge is 0.496 e. The highest BCUT2D eigenvalue weighted by molar-refractivity contribution is 5.76. The summed E-state index contributed by atoms with van der Waals surface area (Å²) in [6.45, 7) is 2.27. The van der Waals surface area contributed by atoms with E-state index in [-0.39, 0.29) is 0 Å². The minimum atomic E-state index is -5.39. The maximum absolute atomic E-state index is 13.8. The first-order valence-electron chi connectivity index (χ1n) is 15.0. The summed E-state index contributed by atoms with van der Waals surface area (Å²) in [7, 11) is 0.861. The number of hydrogen-bond donors (Lipinski definition) is 0. The number of ether oxygens (including phenoxy) is 2. The fourth-order valence-corrected chi connectivity index (χ4v) is 7.84. The van der Waals surface area contributed by atoms with Gasteiger partial charge in [0.25, 0.3) is 0 Å². The zero-order chi connectivity index (χ0) is 29.1. The molecular formula is C31H42F6O3. The second-order valence-corrected chi connectivity index (χ2v) is 12.3. The van der Waals surface area contributed by atoms with Gasteiger partial charge in [-0.05, 0) is 106 Å². The Labute approximate surface area is 233 Å². The Balaban J connectivity index is 1.31. The van der Waals surface area contributed by atoms with Crippen LogP contribution in [0.3, 0.4) is 0 Å². The molecule has 9 heteroatoms. The van der Waals surface area contributed by atoms with Crippen molar-refractivity contribution in [2.45, 2.75) is 109 Å². The van der Waals surface area contributed by atoms with Gasteiger partial charge in [0.1, 0.15) is 22.6 Å². The molecule has 0 amide bonds. The lowest BCUT2D eigenvalue weighted by atomic mass is 9.65. The molecule has 4 rings (SSSR count). The Morgan fingerprint density at radius 3 is 1.52 bits per heavy atom. The molecule has 0 heterocycles. The van der Waals surface area contributed by atoms with E-state index in [0.29, 0.717) is 24.7 Å². The van der Waals surface area contributed by atoms with Gasteiger partial charge in [-0.15, -0.1) is 0 Å². The van der Waals surface area contributed by atoms with E-state index in [2.05, 4.69) is 11.7 Å². The standard InChI is InChI=1S/C31H42F6O3/c1-3-4-19-5-7-20(8-6-19)21-9-11-22(12-10-21)23-13-15-24(16-14-23)29(38)40-26-18-17-25(39-2)27(30(32,33)34)28(26)31(35,36)37/h17-24H,3-16H2,1-2H3. The number of alkyl halides is 6. The van der Waals surface area contributed by atoms with Crippen LogP contribution in [0.2, 0.25) is 0 Å². The van der Waals surface area contributed by atoms with Gasteiger partial charge in [-0.3, -0.25) is 4.79 Å². The highest BCUT2D eigenvalue weighted by Gasteiger charge is 2.49. The number of hydrogen-bond acceptors (Lipinski definition) is 3. The van der Waals surface area contributed by atoms with E-state index in [1.165, 1.54) is 64.2 Å². The summed E-state index contributed by atoms with van der Waals surface area (Å²) in [6, 6.07) is 1.49. The van der Waals surface area contributed by atoms with Gasteiger partial charge in [-0.1, -0.05) is 32.6 Å². The first kappa shape index (κ1) is 31.0. The van der Waals surface area contributed by atoms with E-state index in [0.717, 1.165) is 49.8 Å². The third-order valence-corrected chi connectivity index (χ3v) is 9.97. The van der Waals surface area contributed by atoms with Crippen molar-refractivity contribution in [3.63, 3.8) is 0 Å². The summed E-state index contributed by atoms with van der Waals surface area (Å²) in [5.74, 6) is 0.0556. The molecule has 0 aromatic heterocycles. The molecule has 1 aromatic rings.